The molecule has 2 aromatic rings. The molecule has 0 bridgehead atoms. The summed E-state index contributed by atoms with van der Waals surface area (Å²) in [6, 6.07) is 10.3. The van der Waals surface area contributed by atoms with Gasteiger partial charge in [0.2, 0.25) is 5.91 Å². The van der Waals surface area contributed by atoms with E-state index in [1.54, 1.807) is 10.9 Å². The van der Waals surface area contributed by atoms with Crippen molar-refractivity contribution in [3.63, 3.8) is 0 Å². The van der Waals surface area contributed by atoms with Crippen LogP contribution in [-0.4, -0.2) is 52.3 Å². The zero-order valence-corrected chi connectivity index (χ0v) is 17.3. The van der Waals surface area contributed by atoms with E-state index in [1.807, 2.05) is 43.1 Å². The van der Waals surface area contributed by atoms with Crippen molar-refractivity contribution < 1.29 is 9.59 Å². The molecule has 1 unspecified atom stereocenters. The molecule has 0 radical (unpaired) electrons. The van der Waals surface area contributed by atoms with Gasteiger partial charge in [0.1, 0.15) is 0 Å². The molecular formula is C22H31N5O2. The van der Waals surface area contributed by atoms with Crippen LogP contribution in [-0.2, 0) is 24.2 Å². The maximum absolute atomic E-state index is 12.1. The van der Waals surface area contributed by atoms with Crippen molar-refractivity contribution in [1.82, 2.24) is 25.3 Å². The Morgan fingerprint density at radius 1 is 1.21 bits per heavy atom. The first-order chi connectivity index (χ1) is 14.0. The van der Waals surface area contributed by atoms with Crippen LogP contribution in [0, 0.1) is 5.92 Å². The molecule has 2 N–H and O–H groups in total. The molecule has 1 saturated heterocycles. The summed E-state index contributed by atoms with van der Waals surface area (Å²) in [7, 11) is 0. The fourth-order valence-electron chi connectivity index (χ4n) is 3.64. The van der Waals surface area contributed by atoms with Gasteiger partial charge in [0.15, 0.2) is 0 Å². The molecule has 1 atom stereocenters. The van der Waals surface area contributed by atoms with Gasteiger partial charge in [-0.2, -0.15) is 5.10 Å². The number of amides is 3. The molecule has 2 heterocycles. The number of urea groups is 1. The van der Waals surface area contributed by atoms with E-state index < -0.39 is 0 Å². The van der Waals surface area contributed by atoms with E-state index in [2.05, 4.69) is 27.9 Å². The van der Waals surface area contributed by atoms with Gasteiger partial charge in [-0.1, -0.05) is 24.3 Å². The highest BCUT2D eigenvalue weighted by Crippen LogP contribution is 2.21. The molecule has 1 aromatic heterocycles. The molecule has 1 aliphatic rings. The van der Waals surface area contributed by atoms with Gasteiger partial charge in [-0.3, -0.25) is 9.48 Å². The van der Waals surface area contributed by atoms with Crippen molar-refractivity contribution in [1.29, 1.82) is 0 Å². The standard InChI is InChI=1S/C22H31N5O2/c1-17(2)25-22(29)26-12-8-20(16-26)14-18-4-6-19(7-5-18)15-21(28)23-10-13-27-11-3-9-24-27/h3-7,9,11,17,20H,8,10,12-16H2,1-2H3,(H,23,28)(H,25,29). The van der Waals surface area contributed by atoms with Crippen molar-refractivity contribution in [2.45, 2.75) is 45.7 Å². The molecule has 29 heavy (non-hydrogen) atoms. The molecule has 7 heteroatoms. The van der Waals surface area contributed by atoms with Crippen LogP contribution in [0.1, 0.15) is 31.4 Å². The molecule has 3 rings (SSSR count). The summed E-state index contributed by atoms with van der Waals surface area (Å²) >= 11 is 0. The predicted molar refractivity (Wildman–Crippen MR) is 112 cm³/mol. The van der Waals surface area contributed by atoms with Crippen LogP contribution in [0.4, 0.5) is 4.79 Å². The third-order valence-corrected chi connectivity index (χ3v) is 5.12. The van der Waals surface area contributed by atoms with Crippen LogP contribution in [0.5, 0.6) is 0 Å². The lowest BCUT2D eigenvalue weighted by atomic mass is 9.97. The van der Waals surface area contributed by atoms with Crippen molar-refractivity contribution in [2.75, 3.05) is 19.6 Å². The molecule has 0 spiro atoms. The van der Waals surface area contributed by atoms with E-state index in [9.17, 15) is 9.59 Å². The average Bonchev–Trinajstić information content (AvgIpc) is 3.35. The molecule has 1 fully saturated rings. The van der Waals surface area contributed by atoms with Gasteiger partial charge in [-0.15, -0.1) is 0 Å². The third kappa shape index (κ3) is 6.62. The number of rotatable bonds is 8. The number of hydrogen-bond donors (Lipinski definition) is 2. The van der Waals surface area contributed by atoms with Crippen LogP contribution < -0.4 is 10.6 Å². The topological polar surface area (TPSA) is 79.3 Å². The summed E-state index contributed by atoms with van der Waals surface area (Å²) in [4.78, 5) is 26.1. The highest BCUT2D eigenvalue weighted by Gasteiger charge is 2.26. The maximum Gasteiger partial charge on any atom is 0.317 e. The Hall–Kier alpha value is -2.83. The van der Waals surface area contributed by atoms with Crippen LogP contribution in [0.25, 0.3) is 0 Å². The Morgan fingerprint density at radius 2 is 1.97 bits per heavy atom. The number of carbonyl (C=O) groups excluding carboxylic acids is 2. The molecule has 0 aliphatic carbocycles. The van der Waals surface area contributed by atoms with Gasteiger partial charge in [0, 0.05) is 38.1 Å². The summed E-state index contributed by atoms with van der Waals surface area (Å²) in [6.45, 7) is 6.82. The highest BCUT2D eigenvalue weighted by molar-refractivity contribution is 5.78. The zero-order chi connectivity index (χ0) is 20.6. The Morgan fingerprint density at radius 3 is 2.66 bits per heavy atom. The smallest absolute Gasteiger partial charge is 0.317 e. The van der Waals surface area contributed by atoms with Crippen LogP contribution in [0.15, 0.2) is 42.7 Å². The highest BCUT2D eigenvalue weighted by atomic mass is 16.2. The van der Waals surface area contributed by atoms with Gasteiger partial charge >= 0.3 is 6.03 Å². The second-order valence-corrected chi connectivity index (χ2v) is 8.02. The first-order valence-corrected chi connectivity index (χ1v) is 10.4. The number of benzene rings is 1. The minimum absolute atomic E-state index is 0.0208. The fraction of sp³-hybridized carbons (Fsp3) is 0.500. The zero-order valence-electron chi connectivity index (χ0n) is 17.3. The lowest BCUT2D eigenvalue weighted by Gasteiger charge is -2.19. The van der Waals surface area contributed by atoms with Gasteiger partial charge in [-0.05, 0) is 49.8 Å². The van der Waals surface area contributed by atoms with E-state index in [0.29, 0.717) is 25.4 Å². The monoisotopic (exact) mass is 397 g/mol. The van der Waals surface area contributed by atoms with Crippen LogP contribution in [0.3, 0.4) is 0 Å². The van der Waals surface area contributed by atoms with E-state index in [0.717, 1.165) is 31.5 Å². The lowest BCUT2D eigenvalue weighted by molar-refractivity contribution is -0.120. The molecule has 156 valence electrons. The normalized spacial score (nSPS) is 16.2. The summed E-state index contributed by atoms with van der Waals surface area (Å²) < 4.78 is 1.80. The van der Waals surface area contributed by atoms with Gasteiger partial charge < -0.3 is 15.5 Å². The summed E-state index contributed by atoms with van der Waals surface area (Å²) in [5, 5.41) is 10.0. The molecule has 1 aromatic carbocycles. The van der Waals surface area contributed by atoms with Crippen LogP contribution in [0.2, 0.25) is 0 Å². The molecular weight excluding hydrogens is 366 g/mol. The average molecular weight is 398 g/mol. The third-order valence-electron chi connectivity index (χ3n) is 5.12. The summed E-state index contributed by atoms with van der Waals surface area (Å²) in [5.74, 6) is 0.511. The Kier molecular flexibility index (Phi) is 7.27. The number of hydrogen-bond acceptors (Lipinski definition) is 3. The summed E-state index contributed by atoms with van der Waals surface area (Å²) in [6.07, 6.45) is 5.98. The SMILES string of the molecule is CC(C)NC(=O)N1CCC(Cc2ccc(CC(=O)NCCn3cccn3)cc2)C1. The van der Waals surface area contributed by atoms with Crippen molar-refractivity contribution in [3.05, 3.63) is 53.9 Å². The minimum atomic E-state index is 0.0208. The first kappa shape index (κ1) is 20.9. The molecule has 7 nitrogen and oxygen atoms in total. The second-order valence-electron chi connectivity index (χ2n) is 8.02. The first-order valence-electron chi connectivity index (χ1n) is 10.4. The molecule has 0 saturated carbocycles. The largest absolute Gasteiger partial charge is 0.354 e. The molecule has 1 aliphatic heterocycles. The van der Waals surface area contributed by atoms with E-state index >= 15 is 0 Å². The predicted octanol–water partition coefficient (Wildman–Crippen LogP) is 2.22. The Labute approximate surface area is 172 Å². The Balaban J connectivity index is 1.39. The van der Waals surface area contributed by atoms with E-state index in [-0.39, 0.29) is 18.0 Å². The van der Waals surface area contributed by atoms with Gasteiger partial charge in [0.05, 0.1) is 13.0 Å². The number of likely N-dealkylation sites (tertiary alicyclic amines) is 1. The number of nitrogens with one attached hydrogen (secondary N) is 2. The second kappa shape index (κ2) is 10.1. The van der Waals surface area contributed by atoms with Crippen LogP contribution >= 0.6 is 0 Å². The maximum atomic E-state index is 12.1. The van der Waals surface area contributed by atoms with Gasteiger partial charge in [-0.25, -0.2) is 4.79 Å². The summed E-state index contributed by atoms with van der Waals surface area (Å²) in [5.41, 5.74) is 2.26. The quantitative estimate of drug-likeness (QED) is 0.717. The lowest BCUT2D eigenvalue weighted by Crippen LogP contribution is -2.41. The minimum Gasteiger partial charge on any atom is -0.354 e. The Bertz CT molecular complexity index is 786. The van der Waals surface area contributed by atoms with Crippen molar-refractivity contribution in [2.24, 2.45) is 5.92 Å². The number of aromatic nitrogens is 2. The van der Waals surface area contributed by atoms with Crippen molar-refractivity contribution in [3.8, 4) is 0 Å². The number of nitrogens with zero attached hydrogens (tertiary/aromatic N) is 3. The van der Waals surface area contributed by atoms with E-state index in [4.69, 9.17) is 0 Å². The van der Waals surface area contributed by atoms with Crippen molar-refractivity contribution >= 4 is 11.9 Å². The number of carbonyl (C=O) groups is 2. The van der Waals surface area contributed by atoms with Gasteiger partial charge in [0.25, 0.3) is 0 Å². The van der Waals surface area contributed by atoms with E-state index in [1.165, 1.54) is 5.56 Å². The fourth-order valence-corrected chi connectivity index (χ4v) is 3.64. The molecule has 3 amide bonds.